The van der Waals surface area contributed by atoms with E-state index in [1.807, 2.05) is 19.1 Å². The van der Waals surface area contributed by atoms with Crippen molar-refractivity contribution in [3.8, 4) is 11.5 Å². The number of halogens is 1. The molecule has 3 heteroatoms. The molecule has 0 unspecified atom stereocenters. The molecule has 0 fully saturated rings. The SMILES string of the molecule is CC(=O)c1cc(F)ccc1Oc1cc(C(C)C)ccc1C. The highest BCUT2D eigenvalue weighted by molar-refractivity contribution is 5.96. The summed E-state index contributed by atoms with van der Waals surface area (Å²) < 4.78 is 19.1. The molecule has 0 heterocycles. The van der Waals surface area contributed by atoms with E-state index in [1.54, 1.807) is 0 Å². The fourth-order valence-electron chi connectivity index (χ4n) is 2.07. The van der Waals surface area contributed by atoms with E-state index >= 15 is 0 Å². The van der Waals surface area contributed by atoms with E-state index in [2.05, 4.69) is 19.9 Å². The van der Waals surface area contributed by atoms with E-state index in [-0.39, 0.29) is 11.3 Å². The molecule has 0 aliphatic heterocycles. The van der Waals surface area contributed by atoms with Crippen LogP contribution in [0.15, 0.2) is 36.4 Å². The minimum atomic E-state index is -0.444. The van der Waals surface area contributed by atoms with Gasteiger partial charge in [-0.15, -0.1) is 0 Å². The zero-order chi connectivity index (χ0) is 15.6. The van der Waals surface area contributed by atoms with Gasteiger partial charge in [-0.05, 0) is 55.2 Å². The summed E-state index contributed by atoms with van der Waals surface area (Å²) in [5.41, 5.74) is 2.38. The Hall–Kier alpha value is -2.16. The average Bonchev–Trinajstić information content (AvgIpc) is 2.42. The molecule has 0 amide bonds. The fourth-order valence-corrected chi connectivity index (χ4v) is 2.07. The Kier molecular flexibility index (Phi) is 4.41. The molecule has 21 heavy (non-hydrogen) atoms. The minimum Gasteiger partial charge on any atom is -0.456 e. The van der Waals surface area contributed by atoms with Crippen molar-refractivity contribution in [3.63, 3.8) is 0 Å². The summed E-state index contributed by atoms with van der Waals surface area (Å²) in [6, 6.07) is 10.0. The van der Waals surface area contributed by atoms with Crippen LogP contribution in [0.25, 0.3) is 0 Å². The molecule has 0 bridgehead atoms. The maximum Gasteiger partial charge on any atom is 0.163 e. The molecule has 0 aromatic heterocycles. The van der Waals surface area contributed by atoms with Crippen LogP contribution in [0.2, 0.25) is 0 Å². The lowest BCUT2D eigenvalue weighted by atomic mass is 10.0. The molecule has 0 N–H and O–H groups in total. The Morgan fingerprint density at radius 3 is 2.43 bits per heavy atom. The molecule has 0 saturated heterocycles. The monoisotopic (exact) mass is 286 g/mol. The van der Waals surface area contributed by atoms with Gasteiger partial charge in [0.1, 0.15) is 17.3 Å². The van der Waals surface area contributed by atoms with E-state index < -0.39 is 5.82 Å². The van der Waals surface area contributed by atoms with Crippen LogP contribution < -0.4 is 4.74 Å². The van der Waals surface area contributed by atoms with Gasteiger partial charge in [-0.2, -0.15) is 0 Å². The lowest BCUT2D eigenvalue weighted by Gasteiger charge is -2.14. The van der Waals surface area contributed by atoms with Crippen LogP contribution in [0, 0.1) is 12.7 Å². The molecule has 0 saturated carbocycles. The number of benzene rings is 2. The Morgan fingerprint density at radius 1 is 1.10 bits per heavy atom. The summed E-state index contributed by atoms with van der Waals surface area (Å²) >= 11 is 0. The number of ketones is 1. The van der Waals surface area contributed by atoms with Crippen LogP contribution >= 0.6 is 0 Å². The van der Waals surface area contributed by atoms with Gasteiger partial charge in [0, 0.05) is 0 Å². The predicted octanol–water partition coefficient (Wildman–Crippen LogP) is 5.25. The minimum absolute atomic E-state index is 0.220. The van der Waals surface area contributed by atoms with Gasteiger partial charge in [0.2, 0.25) is 0 Å². The van der Waals surface area contributed by atoms with Crippen molar-refractivity contribution < 1.29 is 13.9 Å². The zero-order valence-corrected chi connectivity index (χ0v) is 12.7. The van der Waals surface area contributed by atoms with Crippen molar-refractivity contribution in [2.75, 3.05) is 0 Å². The van der Waals surface area contributed by atoms with Crippen LogP contribution in [0.5, 0.6) is 11.5 Å². The van der Waals surface area contributed by atoms with Crippen LogP contribution in [0.3, 0.4) is 0 Å². The quantitative estimate of drug-likeness (QED) is 0.717. The lowest BCUT2D eigenvalue weighted by molar-refractivity contribution is 0.101. The third kappa shape index (κ3) is 3.48. The molecule has 2 nitrogen and oxygen atoms in total. The normalized spacial score (nSPS) is 10.8. The molecule has 2 aromatic carbocycles. The molecule has 0 aliphatic carbocycles. The second-order valence-corrected chi connectivity index (χ2v) is 5.48. The highest BCUT2D eigenvalue weighted by Gasteiger charge is 2.13. The molecule has 2 rings (SSSR count). The first kappa shape index (κ1) is 15.2. The van der Waals surface area contributed by atoms with Gasteiger partial charge in [0.05, 0.1) is 5.56 Å². The van der Waals surface area contributed by atoms with E-state index in [4.69, 9.17) is 4.74 Å². The first-order valence-corrected chi connectivity index (χ1v) is 6.97. The van der Waals surface area contributed by atoms with Gasteiger partial charge in [0.25, 0.3) is 0 Å². The van der Waals surface area contributed by atoms with Gasteiger partial charge < -0.3 is 4.74 Å². The third-order valence-electron chi connectivity index (χ3n) is 3.42. The van der Waals surface area contributed by atoms with E-state index in [0.29, 0.717) is 17.4 Å². The number of rotatable bonds is 4. The molecule has 110 valence electrons. The highest BCUT2D eigenvalue weighted by Crippen LogP contribution is 2.31. The molecular formula is C18H19FO2. The first-order chi connectivity index (χ1) is 9.88. The molecule has 0 atom stereocenters. The number of aryl methyl sites for hydroxylation is 1. The van der Waals surface area contributed by atoms with E-state index in [0.717, 1.165) is 11.1 Å². The summed E-state index contributed by atoms with van der Waals surface area (Å²) in [5.74, 6) is 0.791. The van der Waals surface area contributed by atoms with Crippen LogP contribution in [0.1, 0.15) is 48.2 Å². The molecule has 0 radical (unpaired) electrons. The Balaban J connectivity index is 2.43. The third-order valence-corrected chi connectivity index (χ3v) is 3.42. The van der Waals surface area contributed by atoms with Gasteiger partial charge in [-0.1, -0.05) is 26.0 Å². The molecule has 0 aliphatic rings. The average molecular weight is 286 g/mol. The Bertz CT molecular complexity index is 675. The fraction of sp³-hybridized carbons (Fsp3) is 0.278. The second-order valence-electron chi connectivity index (χ2n) is 5.48. The summed E-state index contributed by atoms with van der Waals surface area (Å²) in [4.78, 5) is 11.6. The number of Topliss-reactive ketones (excluding diaryl/α,β-unsaturated/α-hetero) is 1. The van der Waals surface area contributed by atoms with Crippen molar-refractivity contribution in [1.29, 1.82) is 0 Å². The predicted molar refractivity (Wildman–Crippen MR) is 81.7 cm³/mol. The first-order valence-electron chi connectivity index (χ1n) is 6.97. The number of carbonyl (C=O) groups excluding carboxylic acids is 1. The zero-order valence-electron chi connectivity index (χ0n) is 12.7. The van der Waals surface area contributed by atoms with Crippen molar-refractivity contribution in [1.82, 2.24) is 0 Å². The number of carbonyl (C=O) groups is 1. The molecular weight excluding hydrogens is 267 g/mol. The van der Waals surface area contributed by atoms with Gasteiger partial charge in [0.15, 0.2) is 5.78 Å². The van der Waals surface area contributed by atoms with Gasteiger partial charge in [-0.3, -0.25) is 4.79 Å². The largest absolute Gasteiger partial charge is 0.456 e. The second kappa shape index (κ2) is 6.08. The van der Waals surface area contributed by atoms with Crippen LogP contribution in [0.4, 0.5) is 4.39 Å². The smallest absolute Gasteiger partial charge is 0.163 e. The topological polar surface area (TPSA) is 26.3 Å². The number of hydrogen-bond acceptors (Lipinski definition) is 2. The van der Waals surface area contributed by atoms with Crippen molar-refractivity contribution in [3.05, 3.63) is 58.9 Å². The van der Waals surface area contributed by atoms with Crippen molar-refractivity contribution in [2.45, 2.75) is 33.6 Å². The summed E-state index contributed by atoms with van der Waals surface area (Å²) in [6.45, 7) is 7.55. The summed E-state index contributed by atoms with van der Waals surface area (Å²) in [5, 5.41) is 0. The molecule has 0 spiro atoms. The lowest BCUT2D eigenvalue weighted by Crippen LogP contribution is -1.99. The van der Waals surface area contributed by atoms with Crippen LogP contribution in [-0.4, -0.2) is 5.78 Å². The number of hydrogen-bond donors (Lipinski definition) is 0. The Labute approximate surface area is 124 Å². The van der Waals surface area contributed by atoms with Gasteiger partial charge in [-0.25, -0.2) is 4.39 Å². The maximum atomic E-state index is 13.3. The highest BCUT2D eigenvalue weighted by atomic mass is 19.1. The summed E-state index contributed by atoms with van der Waals surface area (Å²) in [6.07, 6.45) is 0. The maximum absolute atomic E-state index is 13.3. The van der Waals surface area contributed by atoms with Crippen molar-refractivity contribution in [2.24, 2.45) is 0 Å². The standard InChI is InChI=1S/C18H19FO2/c1-11(2)14-6-5-12(3)18(9-14)21-17-8-7-15(19)10-16(17)13(4)20/h5-11H,1-4H3. The summed E-state index contributed by atoms with van der Waals surface area (Å²) in [7, 11) is 0. The van der Waals surface area contributed by atoms with E-state index in [1.165, 1.54) is 25.1 Å². The Morgan fingerprint density at radius 2 is 1.81 bits per heavy atom. The molecule has 2 aromatic rings. The van der Waals surface area contributed by atoms with E-state index in [9.17, 15) is 9.18 Å². The van der Waals surface area contributed by atoms with Crippen LogP contribution in [-0.2, 0) is 0 Å². The number of ether oxygens (including phenoxy) is 1. The van der Waals surface area contributed by atoms with Gasteiger partial charge >= 0.3 is 0 Å². The van der Waals surface area contributed by atoms with Crippen molar-refractivity contribution >= 4 is 5.78 Å².